The van der Waals surface area contributed by atoms with Gasteiger partial charge in [0.05, 0.1) is 11.2 Å². The number of benzene rings is 1. The molecular weight excluding hydrogens is 224 g/mol. The molecule has 3 heteroatoms. The molecule has 0 aliphatic heterocycles. The van der Waals surface area contributed by atoms with Crippen LogP contribution in [-0.2, 0) is 6.42 Å². The van der Waals surface area contributed by atoms with Crippen molar-refractivity contribution in [1.29, 1.82) is 0 Å². The average molecular weight is 242 g/mol. The van der Waals surface area contributed by atoms with Gasteiger partial charge in [-0.25, -0.2) is 0 Å². The Kier molecular flexibility index (Phi) is 2.37. The Bertz CT molecular complexity index is 719. The van der Waals surface area contributed by atoms with Crippen LogP contribution in [0.25, 0.3) is 22.0 Å². The van der Waals surface area contributed by atoms with Crippen LogP contribution in [0.3, 0.4) is 0 Å². The van der Waals surface area contributed by atoms with Gasteiger partial charge in [-0.3, -0.25) is 0 Å². The van der Waals surface area contributed by atoms with Crippen molar-refractivity contribution in [1.82, 2.24) is 4.57 Å². The van der Waals surface area contributed by atoms with Gasteiger partial charge in [0, 0.05) is 17.8 Å². The third kappa shape index (κ3) is 1.30. The molecule has 0 atom stereocenters. The van der Waals surface area contributed by atoms with E-state index in [1.807, 2.05) is 6.07 Å². The standard InChI is InChI=1S/C15H18N2O/c1-4-12-13(16)14-15(18-12)10-7-5-6-8-11(10)17(14)9(2)3/h5-9H,4,16H2,1-3H3. The minimum Gasteiger partial charge on any atom is -0.457 e. The van der Waals surface area contributed by atoms with E-state index in [-0.39, 0.29) is 0 Å². The second-order valence-electron chi connectivity index (χ2n) is 4.95. The van der Waals surface area contributed by atoms with Gasteiger partial charge >= 0.3 is 0 Å². The summed E-state index contributed by atoms with van der Waals surface area (Å²) in [6, 6.07) is 8.67. The zero-order valence-corrected chi connectivity index (χ0v) is 11.0. The minimum absolute atomic E-state index is 0.358. The highest BCUT2D eigenvalue weighted by Gasteiger charge is 2.20. The van der Waals surface area contributed by atoms with Crippen LogP contribution in [0.5, 0.6) is 0 Å². The molecule has 18 heavy (non-hydrogen) atoms. The van der Waals surface area contributed by atoms with Crippen LogP contribution in [0.2, 0.25) is 0 Å². The van der Waals surface area contributed by atoms with E-state index in [0.29, 0.717) is 6.04 Å². The van der Waals surface area contributed by atoms with Crippen LogP contribution in [0.15, 0.2) is 28.7 Å². The van der Waals surface area contributed by atoms with Crippen LogP contribution in [0.1, 0.15) is 32.6 Å². The first-order valence-electron chi connectivity index (χ1n) is 6.45. The number of furan rings is 1. The SMILES string of the molecule is CCc1oc2c3ccccc3n(C(C)C)c2c1N. The number of rotatable bonds is 2. The summed E-state index contributed by atoms with van der Waals surface area (Å²) >= 11 is 0. The number of fused-ring (bicyclic) bond motifs is 3. The van der Waals surface area contributed by atoms with Crippen molar-refractivity contribution in [2.75, 3.05) is 5.73 Å². The number of nitrogens with zero attached hydrogens (tertiary/aromatic N) is 1. The topological polar surface area (TPSA) is 44.1 Å². The molecule has 0 fully saturated rings. The fourth-order valence-corrected chi connectivity index (χ4v) is 2.70. The zero-order chi connectivity index (χ0) is 12.9. The van der Waals surface area contributed by atoms with Gasteiger partial charge in [0.15, 0.2) is 5.58 Å². The van der Waals surface area contributed by atoms with E-state index in [1.54, 1.807) is 0 Å². The summed E-state index contributed by atoms with van der Waals surface area (Å²) in [5.74, 6) is 0.889. The predicted molar refractivity (Wildman–Crippen MR) is 75.9 cm³/mol. The molecule has 2 aromatic heterocycles. The molecular formula is C15H18N2O. The van der Waals surface area contributed by atoms with E-state index in [9.17, 15) is 0 Å². The molecule has 0 bridgehead atoms. The Morgan fingerprint density at radius 3 is 2.67 bits per heavy atom. The Morgan fingerprint density at radius 1 is 1.28 bits per heavy atom. The maximum atomic E-state index is 6.24. The highest BCUT2D eigenvalue weighted by atomic mass is 16.3. The maximum Gasteiger partial charge on any atom is 0.162 e. The van der Waals surface area contributed by atoms with E-state index in [1.165, 1.54) is 5.52 Å². The summed E-state index contributed by atoms with van der Waals surface area (Å²) < 4.78 is 8.21. The molecule has 3 nitrogen and oxygen atoms in total. The van der Waals surface area contributed by atoms with Gasteiger partial charge in [-0.1, -0.05) is 19.1 Å². The lowest BCUT2D eigenvalue weighted by Gasteiger charge is -2.11. The lowest BCUT2D eigenvalue weighted by Crippen LogP contribution is -2.01. The normalized spacial score (nSPS) is 12.0. The fraction of sp³-hybridized carbons (Fsp3) is 0.333. The van der Waals surface area contributed by atoms with Crippen LogP contribution in [-0.4, -0.2) is 4.57 Å². The Balaban J connectivity index is 2.54. The monoisotopic (exact) mass is 242 g/mol. The number of anilines is 1. The maximum absolute atomic E-state index is 6.24. The van der Waals surface area contributed by atoms with E-state index >= 15 is 0 Å². The molecule has 2 N–H and O–H groups in total. The van der Waals surface area contributed by atoms with E-state index in [0.717, 1.165) is 34.4 Å². The Hall–Kier alpha value is -1.90. The largest absolute Gasteiger partial charge is 0.457 e. The summed E-state index contributed by atoms with van der Waals surface area (Å²) in [6.07, 6.45) is 0.826. The first-order valence-corrected chi connectivity index (χ1v) is 6.45. The minimum atomic E-state index is 0.358. The molecule has 0 amide bonds. The molecule has 0 aliphatic rings. The number of hydrogen-bond donors (Lipinski definition) is 1. The molecule has 3 aromatic rings. The van der Waals surface area contributed by atoms with Crippen molar-refractivity contribution < 1.29 is 4.42 Å². The highest BCUT2D eigenvalue weighted by molar-refractivity contribution is 6.09. The van der Waals surface area contributed by atoms with Crippen LogP contribution in [0, 0.1) is 0 Å². The van der Waals surface area contributed by atoms with Crippen LogP contribution >= 0.6 is 0 Å². The number of para-hydroxylation sites is 1. The summed E-state index contributed by atoms with van der Waals surface area (Å²) in [5, 5.41) is 1.15. The van der Waals surface area contributed by atoms with Crippen molar-refractivity contribution in [3.8, 4) is 0 Å². The smallest absolute Gasteiger partial charge is 0.162 e. The average Bonchev–Trinajstić information content (AvgIpc) is 2.85. The molecule has 0 saturated carbocycles. The first kappa shape index (κ1) is 11.2. The molecule has 2 heterocycles. The summed E-state index contributed by atoms with van der Waals surface area (Å²) in [7, 11) is 0. The van der Waals surface area contributed by atoms with Crippen molar-refractivity contribution >= 4 is 27.7 Å². The second kappa shape index (κ2) is 3.80. The van der Waals surface area contributed by atoms with Crippen LogP contribution in [0.4, 0.5) is 5.69 Å². The van der Waals surface area contributed by atoms with Gasteiger partial charge in [0.2, 0.25) is 0 Å². The van der Waals surface area contributed by atoms with E-state index in [4.69, 9.17) is 10.2 Å². The molecule has 0 radical (unpaired) electrons. The van der Waals surface area contributed by atoms with Crippen molar-refractivity contribution in [3.63, 3.8) is 0 Å². The third-order valence-corrected chi connectivity index (χ3v) is 3.48. The number of nitrogen functional groups attached to an aromatic ring is 1. The molecule has 94 valence electrons. The van der Waals surface area contributed by atoms with E-state index in [2.05, 4.69) is 43.5 Å². The van der Waals surface area contributed by atoms with Gasteiger partial charge in [-0.15, -0.1) is 0 Å². The fourth-order valence-electron chi connectivity index (χ4n) is 2.70. The number of hydrogen-bond acceptors (Lipinski definition) is 2. The summed E-state index contributed by atoms with van der Waals surface area (Å²) in [4.78, 5) is 0. The summed E-state index contributed by atoms with van der Waals surface area (Å²) in [5.41, 5.74) is 10.2. The predicted octanol–water partition coefficient (Wildman–Crippen LogP) is 4.11. The van der Waals surface area contributed by atoms with Gasteiger partial charge < -0.3 is 14.7 Å². The van der Waals surface area contributed by atoms with Gasteiger partial charge in [-0.2, -0.15) is 0 Å². The van der Waals surface area contributed by atoms with Gasteiger partial charge in [0.25, 0.3) is 0 Å². The highest BCUT2D eigenvalue weighted by Crippen LogP contribution is 2.38. The van der Waals surface area contributed by atoms with Crippen molar-refractivity contribution in [3.05, 3.63) is 30.0 Å². The van der Waals surface area contributed by atoms with Gasteiger partial charge in [0.1, 0.15) is 11.3 Å². The van der Waals surface area contributed by atoms with Crippen molar-refractivity contribution in [2.45, 2.75) is 33.2 Å². The number of aryl methyl sites for hydroxylation is 1. The first-order chi connectivity index (χ1) is 8.65. The molecule has 0 saturated heterocycles. The lowest BCUT2D eigenvalue weighted by atomic mass is 10.2. The third-order valence-electron chi connectivity index (χ3n) is 3.48. The van der Waals surface area contributed by atoms with Crippen molar-refractivity contribution in [2.24, 2.45) is 0 Å². The second-order valence-corrected chi connectivity index (χ2v) is 4.95. The van der Waals surface area contributed by atoms with Crippen LogP contribution < -0.4 is 5.73 Å². The van der Waals surface area contributed by atoms with E-state index < -0.39 is 0 Å². The lowest BCUT2D eigenvalue weighted by molar-refractivity contribution is 0.561. The Morgan fingerprint density at radius 2 is 2.00 bits per heavy atom. The number of aromatic nitrogens is 1. The molecule has 0 spiro atoms. The quantitative estimate of drug-likeness (QED) is 0.734. The summed E-state index contributed by atoms with van der Waals surface area (Å²) in [6.45, 7) is 6.41. The molecule has 0 unspecified atom stereocenters. The van der Waals surface area contributed by atoms with Gasteiger partial charge in [-0.05, 0) is 26.0 Å². The Labute approximate surface area is 106 Å². The number of nitrogens with two attached hydrogens (primary N) is 1. The molecule has 0 aliphatic carbocycles. The molecule has 1 aromatic carbocycles. The zero-order valence-electron chi connectivity index (χ0n) is 11.0. The molecule has 3 rings (SSSR count).